The van der Waals surface area contributed by atoms with E-state index in [1.807, 2.05) is 24.3 Å². The van der Waals surface area contributed by atoms with Crippen LogP contribution in [0.2, 0.25) is 5.02 Å². The summed E-state index contributed by atoms with van der Waals surface area (Å²) in [5.74, 6) is 0.311. The van der Waals surface area contributed by atoms with E-state index >= 15 is 0 Å². The SMILES string of the molecule is COc1ccccc1CNC(=O)CN1C(=O)C(c2ccc(Cl)cc2)=NC12CCCCC2. The molecular formula is C24H26ClN3O3. The maximum atomic E-state index is 13.3. The highest BCUT2D eigenvalue weighted by Crippen LogP contribution is 2.39. The van der Waals surface area contributed by atoms with Gasteiger partial charge in [-0.3, -0.25) is 14.6 Å². The third-order valence-corrected chi connectivity index (χ3v) is 6.26. The summed E-state index contributed by atoms with van der Waals surface area (Å²) in [6.45, 7) is 0.317. The lowest BCUT2D eigenvalue weighted by atomic mass is 9.88. The molecule has 1 saturated carbocycles. The number of nitrogens with zero attached hydrogens (tertiary/aromatic N) is 2. The first-order chi connectivity index (χ1) is 15.0. The van der Waals surface area contributed by atoms with Crippen molar-refractivity contribution >= 4 is 29.1 Å². The largest absolute Gasteiger partial charge is 0.496 e. The van der Waals surface area contributed by atoms with E-state index in [4.69, 9.17) is 21.3 Å². The smallest absolute Gasteiger partial charge is 0.275 e. The van der Waals surface area contributed by atoms with Crippen molar-refractivity contribution in [2.75, 3.05) is 13.7 Å². The van der Waals surface area contributed by atoms with Gasteiger partial charge in [0.15, 0.2) is 0 Å². The van der Waals surface area contributed by atoms with E-state index in [1.165, 1.54) is 0 Å². The summed E-state index contributed by atoms with van der Waals surface area (Å²) in [6.07, 6.45) is 4.65. The molecule has 0 aromatic heterocycles. The van der Waals surface area contributed by atoms with Gasteiger partial charge in [0.2, 0.25) is 5.91 Å². The highest BCUT2D eigenvalue weighted by Gasteiger charge is 2.48. The second kappa shape index (κ2) is 9.10. The number of carbonyl (C=O) groups is 2. The number of para-hydroxylation sites is 1. The molecule has 2 aromatic carbocycles. The molecule has 1 fully saturated rings. The first-order valence-corrected chi connectivity index (χ1v) is 11.0. The Balaban J connectivity index is 1.51. The van der Waals surface area contributed by atoms with E-state index in [2.05, 4.69) is 5.32 Å². The van der Waals surface area contributed by atoms with Crippen molar-refractivity contribution in [2.45, 2.75) is 44.3 Å². The minimum Gasteiger partial charge on any atom is -0.496 e. The van der Waals surface area contributed by atoms with Crippen molar-refractivity contribution in [2.24, 2.45) is 4.99 Å². The first kappa shape index (κ1) is 21.4. The number of halogens is 1. The molecule has 1 N–H and O–H groups in total. The van der Waals surface area contributed by atoms with Gasteiger partial charge in [0, 0.05) is 22.7 Å². The van der Waals surface area contributed by atoms with Crippen molar-refractivity contribution in [3.05, 3.63) is 64.7 Å². The fraction of sp³-hybridized carbons (Fsp3) is 0.375. The van der Waals surface area contributed by atoms with Crippen molar-refractivity contribution in [3.8, 4) is 5.75 Å². The normalized spacial score (nSPS) is 17.5. The third kappa shape index (κ3) is 4.44. The molecule has 0 radical (unpaired) electrons. The molecule has 1 aliphatic heterocycles. The number of aliphatic imine (C=N–C) groups is 1. The second-order valence-corrected chi connectivity index (χ2v) is 8.43. The van der Waals surface area contributed by atoms with Gasteiger partial charge in [0.05, 0.1) is 7.11 Å². The number of hydrogen-bond acceptors (Lipinski definition) is 4. The third-order valence-electron chi connectivity index (χ3n) is 6.01. The molecule has 2 amide bonds. The van der Waals surface area contributed by atoms with Crippen LogP contribution in [-0.4, -0.2) is 41.7 Å². The maximum Gasteiger partial charge on any atom is 0.275 e. The lowest BCUT2D eigenvalue weighted by Gasteiger charge is -2.38. The molecule has 0 atom stereocenters. The monoisotopic (exact) mass is 439 g/mol. The van der Waals surface area contributed by atoms with Crippen LogP contribution in [0.15, 0.2) is 53.5 Å². The lowest BCUT2D eigenvalue weighted by Crippen LogP contribution is -2.52. The van der Waals surface area contributed by atoms with Crippen molar-refractivity contribution in [3.63, 3.8) is 0 Å². The minimum atomic E-state index is -0.633. The zero-order chi connectivity index (χ0) is 21.8. The predicted octanol–water partition coefficient (Wildman–Crippen LogP) is 3.96. The summed E-state index contributed by atoms with van der Waals surface area (Å²) in [6, 6.07) is 14.7. The molecule has 2 aromatic rings. The van der Waals surface area contributed by atoms with E-state index in [0.717, 1.165) is 49.0 Å². The Kier molecular flexibility index (Phi) is 6.28. The number of methoxy groups -OCH3 is 1. The van der Waals surface area contributed by atoms with Gasteiger partial charge >= 0.3 is 0 Å². The van der Waals surface area contributed by atoms with Gasteiger partial charge in [-0.1, -0.05) is 48.4 Å². The van der Waals surface area contributed by atoms with Gasteiger partial charge in [-0.05, 0) is 43.9 Å². The van der Waals surface area contributed by atoms with Crippen LogP contribution in [0.25, 0.3) is 0 Å². The zero-order valence-corrected chi connectivity index (χ0v) is 18.3. The predicted molar refractivity (Wildman–Crippen MR) is 120 cm³/mol. The van der Waals surface area contributed by atoms with E-state index in [-0.39, 0.29) is 18.4 Å². The van der Waals surface area contributed by atoms with E-state index in [9.17, 15) is 9.59 Å². The topological polar surface area (TPSA) is 71.0 Å². The standard InChI is InChI=1S/C24H26ClN3O3/c1-31-20-8-4-3-7-18(20)15-26-21(29)16-28-23(30)22(17-9-11-19(25)12-10-17)27-24(28)13-5-2-6-14-24/h3-4,7-12H,2,5-6,13-16H2,1H3,(H,26,29). The number of amides is 2. The Labute approximate surface area is 187 Å². The molecule has 7 heteroatoms. The van der Waals surface area contributed by atoms with Crippen LogP contribution in [0.3, 0.4) is 0 Å². The number of hydrogen-bond donors (Lipinski definition) is 1. The van der Waals surface area contributed by atoms with Gasteiger partial charge < -0.3 is 15.0 Å². The highest BCUT2D eigenvalue weighted by molar-refractivity contribution is 6.47. The molecule has 2 aliphatic rings. The molecule has 162 valence electrons. The zero-order valence-electron chi connectivity index (χ0n) is 17.6. The van der Waals surface area contributed by atoms with E-state index in [1.54, 1.807) is 36.3 Å². The molecule has 0 saturated heterocycles. The Morgan fingerprint density at radius 2 is 1.84 bits per heavy atom. The fourth-order valence-corrected chi connectivity index (χ4v) is 4.52. The Morgan fingerprint density at radius 1 is 1.13 bits per heavy atom. The number of rotatable bonds is 6. The molecular weight excluding hydrogens is 414 g/mol. The van der Waals surface area contributed by atoms with Gasteiger partial charge in [-0.25, -0.2) is 0 Å². The number of nitrogens with one attached hydrogen (secondary N) is 1. The number of carbonyl (C=O) groups excluding carboxylic acids is 2. The van der Waals surface area contributed by atoms with Crippen LogP contribution < -0.4 is 10.1 Å². The number of ether oxygens (including phenoxy) is 1. The van der Waals surface area contributed by atoms with Gasteiger partial charge in [0.25, 0.3) is 5.91 Å². The second-order valence-electron chi connectivity index (χ2n) is 7.99. The van der Waals surface area contributed by atoms with Crippen LogP contribution >= 0.6 is 11.6 Å². The van der Waals surface area contributed by atoms with E-state index in [0.29, 0.717) is 17.3 Å². The highest BCUT2D eigenvalue weighted by atomic mass is 35.5. The molecule has 6 nitrogen and oxygen atoms in total. The molecule has 4 rings (SSSR count). The lowest BCUT2D eigenvalue weighted by molar-refractivity contribution is -0.136. The first-order valence-electron chi connectivity index (χ1n) is 10.6. The van der Waals surface area contributed by atoms with Crippen molar-refractivity contribution in [1.82, 2.24) is 10.2 Å². The quantitative estimate of drug-likeness (QED) is 0.740. The maximum absolute atomic E-state index is 13.3. The van der Waals surface area contributed by atoms with Crippen molar-refractivity contribution in [1.29, 1.82) is 0 Å². The molecule has 31 heavy (non-hydrogen) atoms. The van der Waals surface area contributed by atoms with Crippen LogP contribution in [0.1, 0.15) is 43.2 Å². The molecule has 0 unspecified atom stereocenters. The number of benzene rings is 2. The minimum absolute atomic E-state index is 0.0193. The van der Waals surface area contributed by atoms with E-state index < -0.39 is 5.66 Å². The summed E-state index contributed by atoms with van der Waals surface area (Å²) in [4.78, 5) is 32.7. The fourth-order valence-electron chi connectivity index (χ4n) is 4.39. The van der Waals surface area contributed by atoms with Gasteiger partial charge in [-0.15, -0.1) is 0 Å². The average Bonchev–Trinajstić information content (AvgIpc) is 3.05. The molecule has 1 heterocycles. The average molecular weight is 440 g/mol. The van der Waals surface area contributed by atoms with Gasteiger partial charge in [-0.2, -0.15) is 0 Å². The molecule has 0 bridgehead atoms. The Bertz CT molecular complexity index is 997. The summed E-state index contributed by atoms with van der Waals surface area (Å²) in [7, 11) is 1.60. The summed E-state index contributed by atoms with van der Waals surface area (Å²) in [5, 5.41) is 3.53. The van der Waals surface area contributed by atoms with Crippen LogP contribution in [-0.2, 0) is 16.1 Å². The van der Waals surface area contributed by atoms with Crippen molar-refractivity contribution < 1.29 is 14.3 Å². The summed E-state index contributed by atoms with van der Waals surface area (Å²) >= 11 is 6.00. The molecule has 1 spiro atoms. The summed E-state index contributed by atoms with van der Waals surface area (Å²) < 4.78 is 5.35. The van der Waals surface area contributed by atoms with Crippen LogP contribution in [0.4, 0.5) is 0 Å². The van der Waals surface area contributed by atoms with Gasteiger partial charge in [0.1, 0.15) is 23.7 Å². The van der Waals surface area contributed by atoms with Crippen LogP contribution in [0.5, 0.6) is 5.75 Å². The summed E-state index contributed by atoms with van der Waals surface area (Å²) in [5.41, 5.74) is 1.40. The molecule has 1 aliphatic carbocycles. The Morgan fingerprint density at radius 3 is 2.55 bits per heavy atom. The van der Waals surface area contributed by atoms with Crippen LogP contribution in [0, 0.1) is 0 Å². The Hall–Kier alpha value is -2.86.